The Morgan fingerprint density at radius 3 is 2.19 bits per heavy atom. The average molecular weight is 223 g/mol. The van der Waals surface area contributed by atoms with E-state index in [2.05, 4.69) is 46.4 Å². The lowest BCUT2D eigenvalue weighted by Crippen LogP contribution is -2.38. The van der Waals surface area contributed by atoms with Crippen LogP contribution in [0.2, 0.25) is 0 Å². The van der Waals surface area contributed by atoms with Crippen LogP contribution in [0.15, 0.2) is 0 Å². The third-order valence-corrected chi connectivity index (χ3v) is 5.82. The fourth-order valence-corrected chi connectivity index (χ4v) is 4.45. The van der Waals surface area contributed by atoms with Gasteiger partial charge in [0.05, 0.1) is 0 Å². The van der Waals surface area contributed by atoms with E-state index in [1.165, 1.54) is 25.9 Å². The van der Waals surface area contributed by atoms with Gasteiger partial charge in [-0.3, -0.25) is 4.90 Å². The van der Waals surface area contributed by atoms with Crippen molar-refractivity contribution in [2.75, 3.05) is 13.1 Å². The fraction of sp³-hybridized carbons (Fsp3) is 1.00. The third-order valence-electron chi connectivity index (χ3n) is 5.82. The fourth-order valence-electron chi connectivity index (χ4n) is 4.45. The van der Waals surface area contributed by atoms with Gasteiger partial charge in [-0.15, -0.1) is 0 Å². The Balaban J connectivity index is 2.25. The van der Waals surface area contributed by atoms with Crippen LogP contribution in [0, 0.1) is 22.7 Å². The van der Waals surface area contributed by atoms with Crippen LogP contribution in [0.3, 0.4) is 0 Å². The first-order valence-corrected chi connectivity index (χ1v) is 7.04. The molecule has 2 fully saturated rings. The number of hydrogen-bond acceptors (Lipinski definition) is 1. The van der Waals surface area contributed by atoms with E-state index in [4.69, 9.17) is 0 Å². The van der Waals surface area contributed by atoms with Gasteiger partial charge < -0.3 is 0 Å². The second-order valence-electron chi connectivity index (χ2n) is 7.37. The highest BCUT2D eigenvalue weighted by Gasteiger charge is 2.59. The van der Waals surface area contributed by atoms with Gasteiger partial charge in [-0.2, -0.15) is 0 Å². The van der Waals surface area contributed by atoms with E-state index >= 15 is 0 Å². The molecule has 1 aliphatic carbocycles. The van der Waals surface area contributed by atoms with Crippen molar-refractivity contribution in [3.63, 3.8) is 0 Å². The van der Waals surface area contributed by atoms with Crippen LogP contribution in [0.5, 0.6) is 0 Å². The van der Waals surface area contributed by atoms with Gasteiger partial charge in [-0.25, -0.2) is 0 Å². The normalized spacial score (nSPS) is 44.6. The van der Waals surface area contributed by atoms with Gasteiger partial charge in [0.15, 0.2) is 0 Å². The summed E-state index contributed by atoms with van der Waals surface area (Å²) in [6, 6.07) is 0.715. The van der Waals surface area contributed by atoms with Crippen LogP contribution in [0.25, 0.3) is 0 Å². The summed E-state index contributed by atoms with van der Waals surface area (Å²) in [6.45, 7) is 17.3. The van der Waals surface area contributed by atoms with E-state index in [0.717, 1.165) is 11.8 Å². The minimum absolute atomic E-state index is 0.561. The molecule has 2 rings (SSSR count). The standard InChI is InChI=1S/C15H29N/c1-11(2)13-7-8-14(5)9-16(12(3)4)10-15(13,14)6/h11-13H,7-10H2,1-6H3/t13?,14-,15-/m0/s1. The Hall–Kier alpha value is -0.0400. The number of likely N-dealkylation sites (tertiary alicyclic amines) is 1. The molecule has 0 bridgehead atoms. The van der Waals surface area contributed by atoms with E-state index in [9.17, 15) is 0 Å². The predicted octanol–water partition coefficient (Wildman–Crippen LogP) is 3.79. The quantitative estimate of drug-likeness (QED) is 0.688. The first-order valence-electron chi connectivity index (χ1n) is 7.04. The van der Waals surface area contributed by atoms with E-state index < -0.39 is 0 Å². The zero-order chi connectivity index (χ0) is 12.1. The molecule has 0 N–H and O–H groups in total. The van der Waals surface area contributed by atoms with Gasteiger partial charge >= 0.3 is 0 Å². The Morgan fingerprint density at radius 1 is 1.06 bits per heavy atom. The topological polar surface area (TPSA) is 3.24 Å². The zero-order valence-corrected chi connectivity index (χ0v) is 12.0. The van der Waals surface area contributed by atoms with Crippen molar-refractivity contribution in [2.24, 2.45) is 22.7 Å². The van der Waals surface area contributed by atoms with Crippen LogP contribution in [-0.4, -0.2) is 24.0 Å². The molecule has 2 aliphatic rings. The highest BCUT2D eigenvalue weighted by atomic mass is 15.2. The summed E-state index contributed by atoms with van der Waals surface area (Å²) in [5.41, 5.74) is 1.14. The van der Waals surface area contributed by atoms with Crippen molar-refractivity contribution in [2.45, 2.75) is 60.4 Å². The molecule has 0 aromatic heterocycles. The molecular weight excluding hydrogens is 194 g/mol. The van der Waals surface area contributed by atoms with Crippen molar-refractivity contribution in [1.29, 1.82) is 0 Å². The monoisotopic (exact) mass is 223 g/mol. The molecule has 1 saturated heterocycles. The van der Waals surface area contributed by atoms with Gasteiger partial charge in [-0.1, -0.05) is 27.7 Å². The summed E-state index contributed by atoms with van der Waals surface area (Å²) < 4.78 is 0. The van der Waals surface area contributed by atoms with E-state index in [-0.39, 0.29) is 0 Å². The van der Waals surface area contributed by atoms with Crippen LogP contribution in [0.4, 0.5) is 0 Å². The summed E-state index contributed by atoms with van der Waals surface area (Å²) in [7, 11) is 0. The Labute approximate surface area is 102 Å². The second-order valence-corrected chi connectivity index (χ2v) is 7.37. The van der Waals surface area contributed by atoms with Crippen LogP contribution < -0.4 is 0 Å². The average Bonchev–Trinajstić information content (AvgIpc) is 2.51. The van der Waals surface area contributed by atoms with Crippen LogP contribution >= 0.6 is 0 Å². The van der Waals surface area contributed by atoms with Gasteiger partial charge in [0.2, 0.25) is 0 Å². The molecule has 0 spiro atoms. The zero-order valence-electron chi connectivity index (χ0n) is 12.0. The lowest BCUT2D eigenvalue weighted by atomic mass is 9.64. The summed E-state index contributed by atoms with van der Waals surface area (Å²) in [5, 5.41) is 0. The summed E-state index contributed by atoms with van der Waals surface area (Å²) in [6.07, 6.45) is 2.90. The molecule has 0 aromatic rings. The largest absolute Gasteiger partial charge is 0.300 e. The lowest BCUT2D eigenvalue weighted by Gasteiger charge is -2.39. The minimum atomic E-state index is 0.561. The highest BCUT2D eigenvalue weighted by molar-refractivity contribution is 5.10. The predicted molar refractivity (Wildman–Crippen MR) is 70.5 cm³/mol. The van der Waals surface area contributed by atoms with Crippen molar-refractivity contribution in [3.05, 3.63) is 0 Å². The number of rotatable bonds is 2. The maximum absolute atomic E-state index is 2.70. The summed E-state index contributed by atoms with van der Waals surface area (Å²) in [5.74, 6) is 1.78. The molecule has 1 heterocycles. The Kier molecular flexibility index (Phi) is 2.89. The Bertz CT molecular complexity index is 271. The molecule has 3 atom stereocenters. The number of hydrogen-bond donors (Lipinski definition) is 0. The first-order chi connectivity index (χ1) is 7.30. The molecule has 1 heteroatoms. The third kappa shape index (κ3) is 1.54. The van der Waals surface area contributed by atoms with Gasteiger partial charge in [-0.05, 0) is 49.4 Å². The van der Waals surface area contributed by atoms with Crippen molar-refractivity contribution < 1.29 is 0 Å². The van der Waals surface area contributed by atoms with E-state index in [0.29, 0.717) is 16.9 Å². The molecule has 0 aromatic carbocycles. The molecule has 1 aliphatic heterocycles. The first kappa shape index (κ1) is 12.4. The van der Waals surface area contributed by atoms with Gasteiger partial charge in [0.1, 0.15) is 0 Å². The van der Waals surface area contributed by atoms with Crippen molar-refractivity contribution in [1.82, 2.24) is 4.90 Å². The molecular formula is C15H29N. The molecule has 1 nitrogen and oxygen atoms in total. The Morgan fingerprint density at radius 2 is 1.69 bits per heavy atom. The van der Waals surface area contributed by atoms with Crippen molar-refractivity contribution in [3.8, 4) is 0 Å². The molecule has 1 unspecified atom stereocenters. The SMILES string of the molecule is CC(C)C1CC[C@@]2(C)CN(C(C)C)C[C@@]12C. The number of nitrogens with zero attached hydrogens (tertiary/aromatic N) is 1. The molecule has 0 radical (unpaired) electrons. The van der Waals surface area contributed by atoms with Gasteiger partial charge in [0.25, 0.3) is 0 Å². The van der Waals surface area contributed by atoms with Crippen LogP contribution in [-0.2, 0) is 0 Å². The molecule has 16 heavy (non-hydrogen) atoms. The maximum Gasteiger partial charge on any atom is 0.00467 e. The second kappa shape index (κ2) is 3.73. The molecule has 0 amide bonds. The summed E-state index contributed by atoms with van der Waals surface area (Å²) >= 11 is 0. The lowest BCUT2D eigenvalue weighted by molar-refractivity contribution is 0.0986. The van der Waals surface area contributed by atoms with E-state index in [1.54, 1.807) is 0 Å². The van der Waals surface area contributed by atoms with Crippen molar-refractivity contribution >= 4 is 0 Å². The minimum Gasteiger partial charge on any atom is -0.300 e. The summed E-state index contributed by atoms with van der Waals surface area (Å²) in [4.78, 5) is 2.70. The molecule has 94 valence electrons. The maximum atomic E-state index is 2.70. The number of fused-ring (bicyclic) bond motifs is 1. The smallest absolute Gasteiger partial charge is 0.00467 e. The highest BCUT2D eigenvalue weighted by Crippen LogP contribution is 2.62. The molecule has 1 saturated carbocycles. The van der Waals surface area contributed by atoms with Crippen LogP contribution in [0.1, 0.15) is 54.4 Å². The van der Waals surface area contributed by atoms with Gasteiger partial charge in [0, 0.05) is 19.1 Å². The van der Waals surface area contributed by atoms with E-state index in [1.807, 2.05) is 0 Å².